The van der Waals surface area contributed by atoms with Crippen molar-refractivity contribution in [3.8, 4) is 0 Å². The molecule has 0 bridgehead atoms. The highest BCUT2D eigenvalue weighted by atomic mass is 19.1. The summed E-state index contributed by atoms with van der Waals surface area (Å²) in [5, 5.41) is 2.74. The Hall–Kier alpha value is -3.22. The highest BCUT2D eigenvalue weighted by molar-refractivity contribution is 5.98. The van der Waals surface area contributed by atoms with E-state index in [4.69, 9.17) is 0 Å². The minimum atomic E-state index is -0.770. The molecule has 2 aromatic rings. The number of piperidine rings is 1. The highest BCUT2D eigenvalue weighted by Crippen LogP contribution is 2.50. The molecule has 1 N–H and O–H groups in total. The fourth-order valence-corrected chi connectivity index (χ4v) is 5.43. The molecule has 2 aromatic carbocycles. The molecule has 0 aliphatic carbocycles. The minimum absolute atomic E-state index is 0.0798. The van der Waals surface area contributed by atoms with Crippen molar-refractivity contribution in [2.24, 2.45) is 11.3 Å². The largest absolute Gasteiger partial charge is 0.345 e. The third-order valence-corrected chi connectivity index (χ3v) is 7.40. The normalized spacial score (nSPS) is 20.6. The number of carbonyl (C=O) groups is 3. The van der Waals surface area contributed by atoms with Gasteiger partial charge in [0, 0.05) is 32.6 Å². The van der Waals surface area contributed by atoms with Crippen molar-refractivity contribution in [3.05, 3.63) is 71.5 Å². The van der Waals surface area contributed by atoms with Crippen molar-refractivity contribution >= 4 is 17.7 Å². The van der Waals surface area contributed by atoms with Gasteiger partial charge in [-0.05, 0) is 36.5 Å². The number of benzene rings is 2. The summed E-state index contributed by atoms with van der Waals surface area (Å²) in [7, 11) is 1.84. The molecule has 2 heterocycles. The van der Waals surface area contributed by atoms with E-state index in [-0.39, 0.29) is 29.2 Å². The van der Waals surface area contributed by atoms with Gasteiger partial charge in [-0.2, -0.15) is 0 Å². The van der Waals surface area contributed by atoms with Gasteiger partial charge in [-0.15, -0.1) is 0 Å². The van der Waals surface area contributed by atoms with E-state index in [1.165, 1.54) is 18.2 Å². The number of amides is 3. The maximum absolute atomic E-state index is 14.1. The first-order valence-electron chi connectivity index (χ1n) is 11.9. The zero-order valence-electron chi connectivity index (χ0n) is 20.0. The zero-order chi connectivity index (χ0) is 24.5. The first-order valence-corrected chi connectivity index (χ1v) is 11.9. The predicted molar refractivity (Wildman–Crippen MR) is 128 cm³/mol. The van der Waals surface area contributed by atoms with E-state index in [0.29, 0.717) is 32.5 Å². The highest BCUT2D eigenvalue weighted by Gasteiger charge is 2.54. The molecule has 7 heteroatoms. The molecule has 6 nitrogen and oxygen atoms in total. The van der Waals surface area contributed by atoms with Gasteiger partial charge in [0.05, 0.1) is 11.0 Å². The van der Waals surface area contributed by atoms with Gasteiger partial charge < -0.3 is 15.1 Å². The van der Waals surface area contributed by atoms with Gasteiger partial charge in [0.2, 0.25) is 11.8 Å². The van der Waals surface area contributed by atoms with Crippen LogP contribution in [0.5, 0.6) is 0 Å². The van der Waals surface area contributed by atoms with E-state index in [9.17, 15) is 18.8 Å². The zero-order valence-corrected chi connectivity index (χ0v) is 20.0. The molecular formula is C27H32FN3O3. The van der Waals surface area contributed by atoms with Crippen LogP contribution in [0, 0.1) is 17.2 Å². The molecule has 2 saturated heterocycles. The fourth-order valence-electron chi connectivity index (χ4n) is 5.43. The molecule has 180 valence electrons. The van der Waals surface area contributed by atoms with Crippen molar-refractivity contribution in [3.63, 3.8) is 0 Å². The van der Waals surface area contributed by atoms with Crippen LogP contribution in [0.3, 0.4) is 0 Å². The third kappa shape index (κ3) is 4.31. The molecule has 0 saturated carbocycles. The van der Waals surface area contributed by atoms with Crippen LogP contribution in [0.4, 0.5) is 4.39 Å². The lowest BCUT2D eigenvalue weighted by Gasteiger charge is -2.42. The van der Waals surface area contributed by atoms with Crippen molar-refractivity contribution in [2.45, 2.75) is 38.6 Å². The van der Waals surface area contributed by atoms with Gasteiger partial charge in [-0.25, -0.2) is 4.39 Å². The summed E-state index contributed by atoms with van der Waals surface area (Å²) < 4.78 is 14.1. The lowest BCUT2D eigenvalue weighted by Crippen LogP contribution is -2.55. The Labute approximate surface area is 200 Å². The van der Waals surface area contributed by atoms with E-state index < -0.39 is 23.2 Å². The fraction of sp³-hybridized carbons (Fsp3) is 0.444. The number of hydrogen-bond acceptors (Lipinski definition) is 3. The molecule has 34 heavy (non-hydrogen) atoms. The van der Waals surface area contributed by atoms with Crippen LogP contribution in [0.2, 0.25) is 0 Å². The number of halogens is 1. The summed E-state index contributed by atoms with van der Waals surface area (Å²) in [6, 6.07) is 15.1. The summed E-state index contributed by atoms with van der Waals surface area (Å²) in [5.41, 5.74) is 0.553. The molecule has 0 radical (unpaired) electrons. The molecule has 3 amide bonds. The van der Waals surface area contributed by atoms with E-state index in [1.54, 1.807) is 15.9 Å². The van der Waals surface area contributed by atoms with Crippen molar-refractivity contribution < 1.29 is 18.8 Å². The first-order chi connectivity index (χ1) is 16.2. The standard InChI is InChI=1S/C27H32FN3O3/c1-18(2)23(29-24(32)20-11-7-8-12-22(20)28)25(33)31-15-13-27(14-16-31)21(17-30(3)26(27)34)19-9-5-4-6-10-19/h4-12,18,21,23H,13-17H2,1-3H3,(H,29,32). The summed E-state index contributed by atoms with van der Waals surface area (Å²) in [6.07, 6.45) is 1.15. The summed E-state index contributed by atoms with van der Waals surface area (Å²) >= 11 is 0. The Bertz CT molecular complexity index is 1060. The van der Waals surface area contributed by atoms with Gasteiger partial charge in [-0.3, -0.25) is 14.4 Å². The average molecular weight is 466 g/mol. The van der Waals surface area contributed by atoms with Gasteiger partial charge in [0.15, 0.2) is 0 Å². The molecule has 2 unspecified atom stereocenters. The monoisotopic (exact) mass is 465 g/mol. The second-order valence-corrected chi connectivity index (χ2v) is 9.81. The van der Waals surface area contributed by atoms with Crippen molar-refractivity contribution in [1.82, 2.24) is 15.1 Å². The van der Waals surface area contributed by atoms with Gasteiger partial charge >= 0.3 is 0 Å². The van der Waals surface area contributed by atoms with Crippen LogP contribution in [0.1, 0.15) is 48.5 Å². The molecule has 2 aliphatic heterocycles. The molecular weight excluding hydrogens is 433 g/mol. The lowest BCUT2D eigenvalue weighted by molar-refractivity contribution is -0.143. The first kappa shape index (κ1) is 23.9. The Kier molecular flexibility index (Phi) is 6.73. The maximum atomic E-state index is 14.1. The minimum Gasteiger partial charge on any atom is -0.345 e. The molecule has 4 rings (SSSR count). The van der Waals surface area contributed by atoms with Crippen LogP contribution < -0.4 is 5.32 Å². The number of carbonyl (C=O) groups excluding carboxylic acids is 3. The van der Waals surface area contributed by atoms with E-state index in [0.717, 1.165) is 5.56 Å². The number of rotatable bonds is 5. The van der Waals surface area contributed by atoms with E-state index in [1.807, 2.05) is 39.1 Å². The smallest absolute Gasteiger partial charge is 0.254 e. The quantitative estimate of drug-likeness (QED) is 0.736. The molecule has 2 aliphatic rings. The maximum Gasteiger partial charge on any atom is 0.254 e. The summed E-state index contributed by atoms with van der Waals surface area (Å²) in [4.78, 5) is 42.9. The Morgan fingerprint density at radius 3 is 2.26 bits per heavy atom. The van der Waals surface area contributed by atoms with Gasteiger partial charge in [0.25, 0.3) is 5.91 Å². The molecule has 2 atom stereocenters. The van der Waals surface area contributed by atoms with Crippen LogP contribution in [0.25, 0.3) is 0 Å². The van der Waals surface area contributed by atoms with Gasteiger partial charge in [0.1, 0.15) is 11.9 Å². The van der Waals surface area contributed by atoms with E-state index in [2.05, 4.69) is 17.4 Å². The third-order valence-electron chi connectivity index (χ3n) is 7.40. The summed E-state index contributed by atoms with van der Waals surface area (Å²) in [6.45, 7) is 5.28. The Morgan fingerprint density at radius 2 is 1.65 bits per heavy atom. The second kappa shape index (κ2) is 9.57. The van der Waals surface area contributed by atoms with Crippen molar-refractivity contribution in [2.75, 3.05) is 26.7 Å². The number of likely N-dealkylation sites (tertiary alicyclic amines) is 2. The molecule has 1 spiro atoms. The average Bonchev–Trinajstić information content (AvgIpc) is 3.08. The topological polar surface area (TPSA) is 69.7 Å². The van der Waals surface area contributed by atoms with Crippen LogP contribution in [0.15, 0.2) is 54.6 Å². The number of nitrogens with zero attached hydrogens (tertiary/aromatic N) is 2. The Morgan fingerprint density at radius 1 is 1.03 bits per heavy atom. The number of likely N-dealkylation sites (N-methyl/N-ethyl adjacent to an activating group) is 1. The van der Waals surface area contributed by atoms with Gasteiger partial charge in [-0.1, -0.05) is 56.3 Å². The Balaban J connectivity index is 1.49. The molecule has 0 aromatic heterocycles. The summed E-state index contributed by atoms with van der Waals surface area (Å²) in [5.74, 6) is -1.35. The lowest BCUT2D eigenvalue weighted by atomic mass is 9.68. The predicted octanol–water partition coefficient (Wildman–Crippen LogP) is 3.44. The number of nitrogens with one attached hydrogen (secondary N) is 1. The van der Waals surface area contributed by atoms with E-state index >= 15 is 0 Å². The van der Waals surface area contributed by atoms with Crippen LogP contribution in [-0.2, 0) is 9.59 Å². The molecule has 2 fully saturated rings. The second-order valence-electron chi connectivity index (χ2n) is 9.81. The van der Waals surface area contributed by atoms with Crippen LogP contribution >= 0.6 is 0 Å². The SMILES string of the molecule is CC(C)C(NC(=O)c1ccccc1F)C(=O)N1CCC2(CC1)C(=O)N(C)CC2c1ccccc1. The number of hydrogen-bond donors (Lipinski definition) is 1. The van der Waals surface area contributed by atoms with Crippen molar-refractivity contribution in [1.29, 1.82) is 0 Å². The van der Waals surface area contributed by atoms with Crippen LogP contribution in [-0.4, -0.2) is 60.2 Å².